The number of hydrogen-bond acceptors (Lipinski definition) is 9. The zero-order valence-electron chi connectivity index (χ0n) is 23.2. The Bertz CT molecular complexity index is 1360. The van der Waals surface area contributed by atoms with E-state index in [1.54, 1.807) is 5.38 Å². The molecule has 0 saturated carbocycles. The van der Waals surface area contributed by atoms with Gasteiger partial charge >= 0.3 is 0 Å². The average molecular weight is 583 g/mol. The van der Waals surface area contributed by atoms with Crippen molar-refractivity contribution >= 4 is 35.0 Å². The van der Waals surface area contributed by atoms with Gasteiger partial charge in [0.15, 0.2) is 5.69 Å². The third kappa shape index (κ3) is 8.21. The van der Waals surface area contributed by atoms with Crippen LogP contribution in [0.2, 0.25) is 0 Å². The standard InChI is InChI=1S/C28H34N6O6S/c1-17(2)11-20-28-33-22(16-41-28)25(37)29-9-10-34(24(36)15-39-3)13-23(35)30-19(12-18-7-5-4-6-8-18)27-32-21(14-40-27)26(38)31-20/h4-8,14,16-17,19-20H,9-13,15H2,1-3H3,(H,29,37)(H,30,35)(H,31,38)/t19-,20-/m0/s1. The van der Waals surface area contributed by atoms with E-state index in [2.05, 4.69) is 25.9 Å². The van der Waals surface area contributed by atoms with Crippen LogP contribution in [0.15, 0.2) is 46.4 Å². The molecule has 0 saturated heterocycles. The summed E-state index contributed by atoms with van der Waals surface area (Å²) in [5.74, 6) is -1.37. The number of aromatic nitrogens is 2. The Morgan fingerprint density at radius 2 is 1.88 bits per heavy atom. The fourth-order valence-corrected chi connectivity index (χ4v) is 5.26. The van der Waals surface area contributed by atoms with E-state index < -0.39 is 35.7 Å². The van der Waals surface area contributed by atoms with Gasteiger partial charge in [0.1, 0.15) is 29.6 Å². The van der Waals surface area contributed by atoms with E-state index in [1.807, 2.05) is 44.2 Å². The quantitative estimate of drug-likeness (QED) is 0.400. The second-order valence-corrected chi connectivity index (χ2v) is 11.0. The van der Waals surface area contributed by atoms with Gasteiger partial charge in [-0.15, -0.1) is 11.3 Å². The highest BCUT2D eigenvalue weighted by atomic mass is 32.1. The van der Waals surface area contributed by atoms with Gasteiger partial charge in [0, 0.05) is 32.0 Å². The molecule has 4 amide bonds. The lowest BCUT2D eigenvalue weighted by atomic mass is 10.0. The predicted octanol–water partition coefficient (Wildman–Crippen LogP) is 2.27. The summed E-state index contributed by atoms with van der Waals surface area (Å²) in [6, 6.07) is 8.30. The summed E-state index contributed by atoms with van der Waals surface area (Å²) in [6.07, 6.45) is 2.19. The molecule has 4 rings (SSSR count). The third-order valence-electron chi connectivity index (χ3n) is 6.36. The summed E-state index contributed by atoms with van der Waals surface area (Å²) >= 11 is 1.28. The molecule has 2 atom stereocenters. The van der Waals surface area contributed by atoms with Crippen molar-refractivity contribution in [3.63, 3.8) is 0 Å². The van der Waals surface area contributed by atoms with Crippen LogP contribution in [0.3, 0.4) is 0 Å². The van der Waals surface area contributed by atoms with Gasteiger partial charge in [-0.3, -0.25) is 19.2 Å². The van der Waals surface area contributed by atoms with E-state index in [-0.39, 0.29) is 49.4 Å². The Morgan fingerprint density at radius 3 is 2.61 bits per heavy atom. The van der Waals surface area contributed by atoms with Gasteiger partial charge in [0.2, 0.25) is 17.7 Å². The number of benzene rings is 1. The minimum Gasteiger partial charge on any atom is -0.446 e. The molecule has 1 aromatic carbocycles. The number of methoxy groups -OCH3 is 1. The van der Waals surface area contributed by atoms with Crippen LogP contribution in [-0.2, 0) is 20.7 Å². The minimum absolute atomic E-state index is 0.0496. The lowest BCUT2D eigenvalue weighted by Gasteiger charge is -2.24. The Morgan fingerprint density at radius 1 is 1.10 bits per heavy atom. The molecule has 0 unspecified atom stereocenters. The van der Waals surface area contributed by atoms with E-state index >= 15 is 0 Å². The van der Waals surface area contributed by atoms with E-state index in [9.17, 15) is 19.2 Å². The molecular weight excluding hydrogens is 548 g/mol. The predicted molar refractivity (Wildman–Crippen MR) is 150 cm³/mol. The number of fused-ring (bicyclic) bond motifs is 4. The van der Waals surface area contributed by atoms with Crippen LogP contribution in [0.1, 0.15) is 69.8 Å². The van der Waals surface area contributed by atoms with E-state index in [4.69, 9.17) is 9.15 Å². The van der Waals surface area contributed by atoms with Crippen molar-refractivity contribution in [3.8, 4) is 0 Å². The van der Waals surface area contributed by atoms with Crippen molar-refractivity contribution in [2.24, 2.45) is 5.92 Å². The van der Waals surface area contributed by atoms with Gasteiger partial charge in [0.05, 0.1) is 12.6 Å². The lowest BCUT2D eigenvalue weighted by Crippen LogP contribution is -2.46. The zero-order valence-corrected chi connectivity index (χ0v) is 24.0. The molecule has 41 heavy (non-hydrogen) atoms. The number of ether oxygens (including phenoxy) is 1. The second kappa shape index (κ2) is 14.0. The summed E-state index contributed by atoms with van der Waals surface area (Å²) in [4.78, 5) is 62.1. The molecule has 0 aliphatic carbocycles. The molecular formula is C28H34N6O6S. The lowest BCUT2D eigenvalue weighted by molar-refractivity contribution is -0.139. The first kappa shape index (κ1) is 29.9. The summed E-state index contributed by atoms with van der Waals surface area (Å²) in [7, 11) is 1.39. The van der Waals surface area contributed by atoms with Crippen LogP contribution in [0.5, 0.6) is 0 Å². The average Bonchev–Trinajstić information content (AvgIpc) is 3.63. The van der Waals surface area contributed by atoms with Gasteiger partial charge in [-0.25, -0.2) is 9.97 Å². The van der Waals surface area contributed by atoms with Gasteiger partial charge < -0.3 is 30.0 Å². The molecule has 12 nitrogen and oxygen atoms in total. The fourth-order valence-electron chi connectivity index (χ4n) is 4.39. The smallest absolute Gasteiger partial charge is 0.273 e. The van der Waals surface area contributed by atoms with Crippen molar-refractivity contribution in [3.05, 3.63) is 69.8 Å². The summed E-state index contributed by atoms with van der Waals surface area (Å²) in [6.45, 7) is 3.73. The maximum Gasteiger partial charge on any atom is 0.273 e. The Hall–Kier alpha value is -4.10. The van der Waals surface area contributed by atoms with Crippen LogP contribution in [0.4, 0.5) is 0 Å². The van der Waals surface area contributed by atoms with Crippen LogP contribution in [-0.4, -0.2) is 71.8 Å². The number of thiazole rings is 1. The number of nitrogens with one attached hydrogen (secondary N) is 3. The van der Waals surface area contributed by atoms with Gasteiger partial charge in [-0.2, -0.15) is 0 Å². The van der Waals surface area contributed by atoms with Gasteiger partial charge in [-0.05, 0) is 17.9 Å². The van der Waals surface area contributed by atoms with Crippen molar-refractivity contribution in [1.82, 2.24) is 30.8 Å². The third-order valence-corrected chi connectivity index (χ3v) is 7.32. The van der Waals surface area contributed by atoms with Gasteiger partial charge in [0.25, 0.3) is 11.8 Å². The maximum absolute atomic E-state index is 13.2. The van der Waals surface area contributed by atoms with Crippen molar-refractivity contribution in [1.29, 1.82) is 0 Å². The summed E-state index contributed by atoms with van der Waals surface area (Å²) in [5, 5.41) is 10.8. The first-order chi connectivity index (χ1) is 19.7. The zero-order chi connectivity index (χ0) is 29.4. The molecule has 3 heterocycles. The van der Waals surface area contributed by atoms with Crippen LogP contribution in [0, 0.1) is 5.92 Å². The number of amides is 4. The molecule has 0 fully saturated rings. The maximum atomic E-state index is 13.2. The molecule has 3 N–H and O–H groups in total. The van der Waals surface area contributed by atoms with Crippen LogP contribution < -0.4 is 16.0 Å². The molecule has 4 bridgehead atoms. The number of rotatable bonds is 6. The number of oxazole rings is 1. The minimum atomic E-state index is -0.711. The molecule has 1 aliphatic rings. The number of carbonyl (C=O) groups excluding carboxylic acids is 4. The summed E-state index contributed by atoms with van der Waals surface area (Å²) < 4.78 is 10.7. The fraction of sp³-hybridized carbons (Fsp3) is 0.429. The topological polar surface area (TPSA) is 156 Å². The Balaban J connectivity index is 1.67. The van der Waals surface area contributed by atoms with Crippen molar-refractivity contribution in [2.45, 2.75) is 38.8 Å². The normalized spacial score (nSPS) is 18.7. The molecule has 218 valence electrons. The largest absolute Gasteiger partial charge is 0.446 e. The first-order valence-electron chi connectivity index (χ1n) is 13.3. The van der Waals surface area contributed by atoms with E-state index in [1.165, 1.54) is 29.6 Å². The number of hydrogen-bond donors (Lipinski definition) is 3. The highest BCUT2D eigenvalue weighted by molar-refractivity contribution is 7.09. The van der Waals surface area contributed by atoms with Gasteiger partial charge in [-0.1, -0.05) is 44.2 Å². The van der Waals surface area contributed by atoms with E-state index in [0.717, 1.165) is 5.56 Å². The molecule has 0 spiro atoms. The Kier molecular flexibility index (Phi) is 10.2. The molecule has 1 aliphatic heterocycles. The van der Waals surface area contributed by atoms with Crippen LogP contribution in [0.25, 0.3) is 0 Å². The van der Waals surface area contributed by atoms with E-state index in [0.29, 0.717) is 17.8 Å². The van der Waals surface area contributed by atoms with Crippen LogP contribution >= 0.6 is 11.3 Å². The second-order valence-electron chi connectivity index (χ2n) is 10.1. The first-order valence-corrected chi connectivity index (χ1v) is 14.2. The molecule has 2 aromatic heterocycles. The molecule has 0 radical (unpaired) electrons. The Labute approximate surface area is 241 Å². The number of nitrogens with zero attached hydrogens (tertiary/aromatic N) is 3. The molecule has 13 heteroatoms. The SMILES string of the molecule is COCC(=O)N1CCNC(=O)c2csc(n2)[C@H](CC(C)C)NC(=O)c2coc(n2)[C@H](Cc2ccccc2)NC(=O)C1. The monoisotopic (exact) mass is 582 g/mol. The highest BCUT2D eigenvalue weighted by Gasteiger charge is 2.27. The molecule has 3 aromatic rings. The van der Waals surface area contributed by atoms with Crippen molar-refractivity contribution < 1.29 is 28.3 Å². The number of carbonyl (C=O) groups is 4. The summed E-state index contributed by atoms with van der Waals surface area (Å²) in [5.41, 5.74) is 1.17. The highest BCUT2D eigenvalue weighted by Crippen LogP contribution is 2.26. The van der Waals surface area contributed by atoms with Crippen molar-refractivity contribution in [2.75, 3.05) is 33.4 Å².